The van der Waals surface area contributed by atoms with Crippen LogP contribution in [0.4, 0.5) is 8.78 Å². The Balaban J connectivity index is 1.58. The first-order valence-corrected chi connectivity index (χ1v) is 15.3. The van der Waals surface area contributed by atoms with E-state index >= 15 is 4.39 Å². The van der Waals surface area contributed by atoms with Crippen LogP contribution < -0.4 is 11.1 Å². The molecule has 1 saturated heterocycles. The van der Waals surface area contributed by atoms with Crippen molar-refractivity contribution >= 4 is 27.4 Å². The topological polar surface area (TPSA) is 105 Å². The Labute approximate surface area is 238 Å². The third kappa shape index (κ3) is 7.11. The van der Waals surface area contributed by atoms with Crippen molar-refractivity contribution in [3.05, 3.63) is 99.8 Å². The lowest BCUT2D eigenvalue weighted by Crippen LogP contribution is -2.58. The van der Waals surface area contributed by atoms with E-state index < -0.39 is 33.6 Å². The lowest BCUT2D eigenvalue weighted by Gasteiger charge is -2.39. The average molecular weight is 591 g/mol. The number of piperazine rings is 1. The number of hydrogen-bond donors (Lipinski definition) is 2. The van der Waals surface area contributed by atoms with Gasteiger partial charge in [-0.25, -0.2) is 17.2 Å². The molecule has 7 nitrogen and oxygen atoms in total. The van der Waals surface area contributed by atoms with Crippen LogP contribution in [0.3, 0.4) is 0 Å². The minimum atomic E-state index is -3.47. The van der Waals surface area contributed by atoms with Gasteiger partial charge in [0, 0.05) is 48.7 Å². The van der Waals surface area contributed by atoms with Gasteiger partial charge in [-0.15, -0.1) is 0 Å². The molecule has 2 heterocycles. The Morgan fingerprint density at radius 3 is 2.55 bits per heavy atom. The number of pyridine rings is 1. The van der Waals surface area contributed by atoms with Crippen molar-refractivity contribution in [3.8, 4) is 0 Å². The molecule has 11 heteroatoms. The summed E-state index contributed by atoms with van der Waals surface area (Å²) in [5.41, 5.74) is 8.43. The number of halogens is 3. The van der Waals surface area contributed by atoms with E-state index in [0.717, 1.165) is 6.20 Å². The molecule has 2 aromatic carbocycles. The Bertz CT molecular complexity index is 1460. The van der Waals surface area contributed by atoms with E-state index in [9.17, 15) is 17.6 Å². The van der Waals surface area contributed by atoms with Gasteiger partial charge in [0.15, 0.2) is 5.78 Å². The number of Topliss-reactive ketones (excluding diaryl/α,β-unsaturated/α-hetero) is 1. The van der Waals surface area contributed by atoms with Gasteiger partial charge in [-0.2, -0.15) is 4.31 Å². The lowest BCUT2D eigenvalue weighted by atomic mass is 9.82. The molecule has 40 heavy (non-hydrogen) atoms. The summed E-state index contributed by atoms with van der Waals surface area (Å²) >= 11 is 6.06. The molecule has 1 aliphatic rings. The molecule has 1 aliphatic heterocycles. The zero-order chi connectivity index (χ0) is 29.0. The van der Waals surface area contributed by atoms with E-state index in [-0.39, 0.29) is 30.7 Å². The zero-order valence-corrected chi connectivity index (χ0v) is 23.9. The standard InChI is InChI=1S/C29H33ClF2N4O3S/c1-18-14-34-16-24(36(18)40(2,38)39)10-11-25-21(15-35-17-26(25)32)13-27(37)29(33)28(19-6-8-22(30)9-7-19)20-4-3-5-23(31)12-20/h3-9,12,15,17-18,24,28-29,34H,10-11,13-14,16,33H2,1-2H3/t18-,24-,28-,29+/m0/s1. The third-order valence-electron chi connectivity index (χ3n) is 7.35. The smallest absolute Gasteiger partial charge is 0.211 e. The highest BCUT2D eigenvalue weighted by atomic mass is 35.5. The number of nitrogens with two attached hydrogens (primary N) is 1. The van der Waals surface area contributed by atoms with Crippen molar-refractivity contribution in [2.24, 2.45) is 5.73 Å². The molecule has 0 spiro atoms. The maximum Gasteiger partial charge on any atom is 0.211 e. The highest BCUT2D eigenvalue weighted by Crippen LogP contribution is 2.30. The molecule has 1 aromatic heterocycles. The molecule has 0 amide bonds. The van der Waals surface area contributed by atoms with Gasteiger partial charge in [0.05, 0.1) is 18.5 Å². The van der Waals surface area contributed by atoms with Crippen LogP contribution in [-0.2, 0) is 27.7 Å². The first kappa shape index (κ1) is 30.2. The molecule has 4 rings (SSSR count). The second-order valence-electron chi connectivity index (χ2n) is 10.3. The van der Waals surface area contributed by atoms with Crippen LogP contribution in [0, 0.1) is 11.6 Å². The van der Waals surface area contributed by atoms with Crippen LogP contribution in [0.25, 0.3) is 0 Å². The first-order chi connectivity index (χ1) is 19.0. The van der Waals surface area contributed by atoms with E-state index in [2.05, 4.69) is 10.3 Å². The quantitative estimate of drug-likeness (QED) is 0.372. The lowest BCUT2D eigenvalue weighted by molar-refractivity contribution is -0.119. The zero-order valence-electron chi connectivity index (χ0n) is 22.4. The number of sulfonamides is 1. The van der Waals surface area contributed by atoms with Gasteiger partial charge in [0.25, 0.3) is 0 Å². The summed E-state index contributed by atoms with van der Waals surface area (Å²) < 4.78 is 55.5. The second-order valence-corrected chi connectivity index (χ2v) is 12.6. The van der Waals surface area contributed by atoms with Crippen LogP contribution in [-0.4, -0.2) is 61.0 Å². The summed E-state index contributed by atoms with van der Waals surface area (Å²) in [5.74, 6) is -2.06. The largest absolute Gasteiger partial charge is 0.321 e. The number of rotatable bonds is 10. The average Bonchev–Trinajstić information content (AvgIpc) is 2.89. The molecule has 0 radical (unpaired) electrons. The Hall–Kier alpha value is -2.76. The Kier molecular flexibility index (Phi) is 9.68. The maximum atomic E-state index is 15.0. The highest BCUT2D eigenvalue weighted by molar-refractivity contribution is 7.88. The van der Waals surface area contributed by atoms with Gasteiger partial charge in [-0.3, -0.25) is 9.78 Å². The summed E-state index contributed by atoms with van der Waals surface area (Å²) in [6.45, 7) is 2.80. The summed E-state index contributed by atoms with van der Waals surface area (Å²) in [6, 6.07) is 11.1. The number of benzene rings is 2. The first-order valence-electron chi connectivity index (χ1n) is 13.1. The monoisotopic (exact) mass is 590 g/mol. The summed E-state index contributed by atoms with van der Waals surface area (Å²) in [4.78, 5) is 17.5. The third-order valence-corrected chi connectivity index (χ3v) is 9.03. The molecule has 4 atom stereocenters. The molecular weight excluding hydrogens is 558 g/mol. The fraction of sp³-hybridized carbons (Fsp3) is 0.379. The SMILES string of the molecule is C[C@H]1CNC[C@H](CCc2c(F)cncc2CC(=O)[C@@H](N)[C@@H](c2ccc(Cl)cc2)c2cccc(F)c2)N1S(C)(=O)=O. The van der Waals surface area contributed by atoms with Gasteiger partial charge in [-0.05, 0) is 66.3 Å². The van der Waals surface area contributed by atoms with E-state index in [1.807, 2.05) is 6.92 Å². The number of aromatic nitrogens is 1. The van der Waals surface area contributed by atoms with Gasteiger partial charge in [0.2, 0.25) is 10.0 Å². The second kappa shape index (κ2) is 12.8. The number of ketones is 1. The molecule has 0 saturated carbocycles. The minimum absolute atomic E-state index is 0.185. The molecule has 3 aromatic rings. The number of carbonyl (C=O) groups excluding carboxylic acids is 1. The van der Waals surface area contributed by atoms with Gasteiger partial charge in [-0.1, -0.05) is 35.9 Å². The summed E-state index contributed by atoms with van der Waals surface area (Å²) in [6.07, 6.45) is 4.09. The molecule has 3 N–H and O–H groups in total. The van der Waals surface area contributed by atoms with Crippen molar-refractivity contribution in [2.45, 2.75) is 50.2 Å². The normalized spacial score (nSPS) is 19.8. The van der Waals surface area contributed by atoms with E-state index in [1.54, 1.807) is 36.4 Å². The number of nitrogens with one attached hydrogen (secondary N) is 1. The predicted octanol–water partition coefficient (Wildman–Crippen LogP) is 3.84. The van der Waals surface area contributed by atoms with E-state index in [0.29, 0.717) is 46.8 Å². The highest BCUT2D eigenvalue weighted by Gasteiger charge is 2.34. The van der Waals surface area contributed by atoms with Crippen molar-refractivity contribution in [3.63, 3.8) is 0 Å². The van der Waals surface area contributed by atoms with Crippen LogP contribution in [0.15, 0.2) is 60.9 Å². The predicted molar refractivity (Wildman–Crippen MR) is 152 cm³/mol. The van der Waals surface area contributed by atoms with Crippen molar-refractivity contribution in [2.75, 3.05) is 19.3 Å². The van der Waals surface area contributed by atoms with E-state index in [1.165, 1.54) is 28.9 Å². The molecule has 0 aliphatic carbocycles. The van der Waals surface area contributed by atoms with Crippen LogP contribution in [0.1, 0.15) is 41.5 Å². The Morgan fingerprint density at radius 1 is 1.15 bits per heavy atom. The number of nitrogens with zero attached hydrogens (tertiary/aromatic N) is 2. The fourth-order valence-electron chi connectivity index (χ4n) is 5.54. The van der Waals surface area contributed by atoms with Gasteiger partial charge < -0.3 is 11.1 Å². The van der Waals surface area contributed by atoms with E-state index in [4.69, 9.17) is 17.3 Å². The van der Waals surface area contributed by atoms with Crippen LogP contribution in [0.5, 0.6) is 0 Å². The fourth-order valence-corrected chi connectivity index (χ4v) is 7.12. The van der Waals surface area contributed by atoms with Crippen molar-refractivity contribution in [1.29, 1.82) is 0 Å². The maximum absolute atomic E-state index is 15.0. The minimum Gasteiger partial charge on any atom is -0.321 e. The van der Waals surface area contributed by atoms with Crippen molar-refractivity contribution < 1.29 is 22.0 Å². The molecule has 0 bridgehead atoms. The number of hydrogen-bond acceptors (Lipinski definition) is 6. The number of carbonyl (C=O) groups is 1. The van der Waals surface area contributed by atoms with Crippen LogP contribution in [0.2, 0.25) is 5.02 Å². The summed E-state index contributed by atoms with van der Waals surface area (Å²) in [5, 5.41) is 3.74. The van der Waals surface area contributed by atoms with Crippen molar-refractivity contribution in [1.82, 2.24) is 14.6 Å². The molecule has 0 unspecified atom stereocenters. The molecule has 1 fully saturated rings. The van der Waals surface area contributed by atoms with Gasteiger partial charge >= 0.3 is 0 Å². The van der Waals surface area contributed by atoms with Crippen LogP contribution >= 0.6 is 11.6 Å². The summed E-state index contributed by atoms with van der Waals surface area (Å²) in [7, 11) is -3.47. The van der Waals surface area contributed by atoms with Gasteiger partial charge in [0.1, 0.15) is 11.6 Å². The molecule has 214 valence electrons. The Morgan fingerprint density at radius 2 is 1.88 bits per heavy atom. The molecular formula is C29H33ClF2N4O3S.